The van der Waals surface area contributed by atoms with Gasteiger partial charge in [0.2, 0.25) is 0 Å². The zero-order valence-electron chi connectivity index (χ0n) is 36.8. The van der Waals surface area contributed by atoms with Gasteiger partial charge in [-0.3, -0.25) is 14.4 Å². The SMILES string of the molecule is CCCCCCCCCCCCC(=O)OC[C@@H](COC(=O)CCCCCCCCCCCCCCCC(C)C)OC(=O)CCCCCCCCCC(C)C. The molecule has 0 aliphatic rings. The molecule has 6 heteroatoms. The standard InChI is InChI=1S/C48H92O6/c1-6-7-8-9-10-11-18-23-28-33-38-46(49)52-41-45(54-48(51)40-35-30-25-20-22-27-32-37-44(4)5)42-53-47(50)39-34-29-24-19-16-14-12-13-15-17-21-26-31-36-43(2)3/h43-45H,6-42H2,1-5H3/t45-/m0/s1. The maximum absolute atomic E-state index is 12.7. The number of carbonyl (C=O) groups is 3. The highest BCUT2D eigenvalue weighted by molar-refractivity contribution is 5.71. The summed E-state index contributed by atoms with van der Waals surface area (Å²) in [6.45, 7) is 11.3. The van der Waals surface area contributed by atoms with Crippen LogP contribution >= 0.6 is 0 Å². The first-order chi connectivity index (χ1) is 26.2. The van der Waals surface area contributed by atoms with Gasteiger partial charge in [-0.05, 0) is 31.1 Å². The minimum absolute atomic E-state index is 0.0650. The lowest BCUT2D eigenvalue weighted by Crippen LogP contribution is -2.30. The predicted molar refractivity (Wildman–Crippen MR) is 229 cm³/mol. The monoisotopic (exact) mass is 765 g/mol. The van der Waals surface area contributed by atoms with E-state index < -0.39 is 6.10 Å². The summed E-state index contributed by atoms with van der Waals surface area (Å²) in [5.74, 6) is 0.759. The normalized spacial score (nSPS) is 12.1. The minimum atomic E-state index is -0.760. The molecule has 0 rings (SSSR count). The van der Waals surface area contributed by atoms with E-state index in [9.17, 15) is 14.4 Å². The molecule has 0 aromatic rings. The maximum atomic E-state index is 12.7. The van der Waals surface area contributed by atoms with Crippen LogP contribution in [0.2, 0.25) is 0 Å². The number of unbranched alkanes of at least 4 members (excludes halogenated alkanes) is 27. The van der Waals surface area contributed by atoms with Crippen LogP contribution in [0.5, 0.6) is 0 Å². The molecule has 0 aliphatic carbocycles. The van der Waals surface area contributed by atoms with Crippen LogP contribution in [0.25, 0.3) is 0 Å². The van der Waals surface area contributed by atoms with E-state index in [0.717, 1.165) is 69.6 Å². The van der Waals surface area contributed by atoms with Crippen molar-refractivity contribution in [3.8, 4) is 0 Å². The highest BCUT2D eigenvalue weighted by atomic mass is 16.6. The van der Waals surface area contributed by atoms with Gasteiger partial charge in [0.05, 0.1) is 0 Å². The predicted octanol–water partition coefficient (Wildman–Crippen LogP) is 15.0. The first-order valence-corrected chi connectivity index (χ1v) is 23.7. The fourth-order valence-electron chi connectivity index (χ4n) is 7.11. The average Bonchev–Trinajstić information content (AvgIpc) is 3.14. The zero-order chi connectivity index (χ0) is 39.7. The summed E-state index contributed by atoms with van der Waals surface area (Å²) in [4.78, 5) is 37.7. The number of hydrogen-bond acceptors (Lipinski definition) is 6. The van der Waals surface area contributed by atoms with Crippen LogP contribution < -0.4 is 0 Å². The summed E-state index contributed by atoms with van der Waals surface area (Å²) in [5, 5.41) is 0. The zero-order valence-corrected chi connectivity index (χ0v) is 36.8. The van der Waals surface area contributed by atoms with Gasteiger partial charge < -0.3 is 14.2 Å². The third-order valence-electron chi connectivity index (χ3n) is 10.7. The molecule has 0 spiro atoms. The van der Waals surface area contributed by atoms with Crippen LogP contribution in [0.1, 0.15) is 259 Å². The Morgan fingerprint density at radius 3 is 0.907 bits per heavy atom. The fraction of sp³-hybridized carbons (Fsp3) is 0.938. The van der Waals surface area contributed by atoms with E-state index in [4.69, 9.17) is 14.2 Å². The lowest BCUT2D eigenvalue weighted by Gasteiger charge is -2.18. The smallest absolute Gasteiger partial charge is 0.306 e. The van der Waals surface area contributed by atoms with Crippen molar-refractivity contribution in [1.29, 1.82) is 0 Å². The van der Waals surface area contributed by atoms with Gasteiger partial charge >= 0.3 is 17.9 Å². The molecule has 0 radical (unpaired) electrons. The van der Waals surface area contributed by atoms with E-state index in [1.807, 2.05) is 0 Å². The molecule has 0 amide bonds. The summed E-state index contributed by atoms with van der Waals surface area (Å²) in [5.41, 5.74) is 0. The van der Waals surface area contributed by atoms with Crippen molar-refractivity contribution in [2.24, 2.45) is 11.8 Å². The van der Waals surface area contributed by atoms with Crippen LogP contribution in [-0.2, 0) is 28.6 Å². The van der Waals surface area contributed by atoms with Gasteiger partial charge in [0.15, 0.2) is 6.10 Å². The van der Waals surface area contributed by atoms with Gasteiger partial charge in [0.25, 0.3) is 0 Å². The van der Waals surface area contributed by atoms with Crippen molar-refractivity contribution in [2.75, 3.05) is 13.2 Å². The molecule has 0 aromatic carbocycles. The molecule has 54 heavy (non-hydrogen) atoms. The van der Waals surface area contributed by atoms with Gasteiger partial charge in [-0.15, -0.1) is 0 Å². The second-order valence-electron chi connectivity index (χ2n) is 17.3. The Balaban J connectivity index is 4.27. The van der Waals surface area contributed by atoms with Crippen molar-refractivity contribution in [1.82, 2.24) is 0 Å². The molecule has 0 unspecified atom stereocenters. The van der Waals surface area contributed by atoms with Crippen molar-refractivity contribution < 1.29 is 28.6 Å². The molecule has 0 bridgehead atoms. The van der Waals surface area contributed by atoms with Gasteiger partial charge in [-0.25, -0.2) is 0 Å². The van der Waals surface area contributed by atoms with Crippen LogP contribution in [0.3, 0.4) is 0 Å². The molecular formula is C48H92O6. The molecule has 0 fully saturated rings. The van der Waals surface area contributed by atoms with Gasteiger partial charge in [-0.1, -0.05) is 221 Å². The Labute approximate surface area is 336 Å². The molecule has 6 nitrogen and oxygen atoms in total. The van der Waals surface area contributed by atoms with E-state index >= 15 is 0 Å². The van der Waals surface area contributed by atoms with Gasteiger partial charge in [-0.2, -0.15) is 0 Å². The fourth-order valence-corrected chi connectivity index (χ4v) is 7.11. The Hall–Kier alpha value is -1.59. The van der Waals surface area contributed by atoms with Crippen molar-refractivity contribution >= 4 is 17.9 Å². The quantitative estimate of drug-likeness (QED) is 0.0350. The molecule has 0 aliphatic heterocycles. The Morgan fingerprint density at radius 2 is 0.611 bits per heavy atom. The second kappa shape index (κ2) is 41.1. The third kappa shape index (κ3) is 41.6. The summed E-state index contributed by atoms with van der Waals surface area (Å²) >= 11 is 0. The van der Waals surface area contributed by atoms with Crippen LogP contribution in [0.15, 0.2) is 0 Å². The van der Waals surface area contributed by atoms with Crippen LogP contribution in [-0.4, -0.2) is 37.2 Å². The van der Waals surface area contributed by atoms with Crippen LogP contribution in [0, 0.1) is 11.8 Å². The number of carbonyl (C=O) groups excluding carboxylic acids is 3. The highest BCUT2D eigenvalue weighted by Gasteiger charge is 2.19. The number of hydrogen-bond donors (Lipinski definition) is 0. The third-order valence-corrected chi connectivity index (χ3v) is 10.7. The summed E-state index contributed by atoms with van der Waals surface area (Å²) in [7, 11) is 0. The first kappa shape index (κ1) is 52.4. The number of esters is 3. The van der Waals surface area contributed by atoms with E-state index in [1.54, 1.807) is 0 Å². The largest absolute Gasteiger partial charge is 0.462 e. The topological polar surface area (TPSA) is 78.9 Å². The van der Waals surface area contributed by atoms with E-state index in [1.165, 1.54) is 148 Å². The maximum Gasteiger partial charge on any atom is 0.306 e. The van der Waals surface area contributed by atoms with Crippen molar-refractivity contribution in [2.45, 2.75) is 265 Å². The second-order valence-corrected chi connectivity index (χ2v) is 17.3. The Kier molecular flexibility index (Phi) is 39.8. The Morgan fingerprint density at radius 1 is 0.352 bits per heavy atom. The summed E-state index contributed by atoms with van der Waals surface area (Å²) < 4.78 is 16.7. The minimum Gasteiger partial charge on any atom is -0.462 e. The summed E-state index contributed by atoms with van der Waals surface area (Å²) in [6.07, 6.45) is 39.5. The molecule has 0 heterocycles. The molecule has 0 saturated heterocycles. The molecular weight excluding hydrogens is 673 g/mol. The summed E-state index contributed by atoms with van der Waals surface area (Å²) in [6, 6.07) is 0. The lowest BCUT2D eigenvalue weighted by atomic mass is 10.0. The molecule has 1 atom stereocenters. The van der Waals surface area contributed by atoms with E-state index in [0.29, 0.717) is 19.3 Å². The van der Waals surface area contributed by atoms with Crippen LogP contribution in [0.4, 0.5) is 0 Å². The molecule has 0 N–H and O–H groups in total. The molecule has 320 valence electrons. The Bertz CT molecular complexity index is 824. The van der Waals surface area contributed by atoms with Crippen molar-refractivity contribution in [3.05, 3.63) is 0 Å². The number of ether oxygens (including phenoxy) is 3. The van der Waals surface area contributed by atoms with Gasteiger partial charge in [0, 0.05) is 19.3 Å². The van der Waals surface area contributed by atoms with Gasteiger partial charge in [0.1, 0.15) is 13.2 Å². The average molecular weight is 765 g/mol. The van der Waals surface area contributed by atoms with E-state index in [-0.39, 0.29) is 31.1 Å². The van der Waals surface area contributed by atoms with Crippen molar-refractivity contribution in [3.63, 3.8) is 0 Å². The van der Waals surface area contributed by atoms with E-state index in [2.05, 4.69) is 34.6 Å². The first-order valence-electron chi connectivity index (χ1n) is 23.7. The lowest BCUT2D eigenvalue weighted by molar-refractivity contribution is -0.167. The molecule has 0 saturated carbocycles. The molecule has 0 aromatic heterocycles. The highest BCUT2D eigenvalue weighted by Crippen LogP contribution is 2.17. The number of rotatable bonds is 42.